The lowest BCUT2D eigenvalue weighted by Crippen LogP contribution is -2.27. The zero-order valence-electron chi connectivity index (χ0n) is 9.24. The van der Waals surface area contributed by atoms with Crippen LogP contribution in [0.25, 0.3) is 0 Å². The highest BCUT2D eigenvalue weighted by Crippen LogP contribution is 2.01. The van der Waals surface area contributed by atoms with Gasteiger partial charge in [0.25, 0.3) is 0 Å². The van der Waals surface area contributed by atoms with Crippen molar-refractivity contribution in [3.05, 3.63) is 0 Å². The first-order chi connectivity index (χ1) is 7.12. The van der Waals surface area contributed by atoms with E-state index in [-0.39, 0.29) is 12.4 Å². The first-order valence-electron chi connectivity index (χ1n) is 5.19. The fourth-order valence-electron chi connectivity index (χ4n) is 1.10. The van der Waals surface area contributed by atoms with Crippen molar-refractivity contribution in [1.82, 2.24) is 4.72 Å². The minimum Gasteiger partial charge on any atom is -0.396 e. The first-order valence-corrected chi connectivity index (χ1v) is 8.24. The van der Waals surface area contributed by atoms with Gasteiger partial charge in [-0.2, -0.15) is 11.8 Å². The molecule has 2 N–H and O–H groups in total. The SMILES string of the molecule is CSCCCCCNS(=O)(=O)CCCO. The van der Waals surface area contributed by atoms with Crippen molar-refractivity contribution in [3.63, 3.8) is 0 Å². The lowest BCUT2D eigenvalue weighted by Gasteiger charge is -2.05. The van der Waals surface area contributed by atoms with E-state index >= 15 is 0 Å². The molecule has 0 saturated carbocycles. The molecule has 6 heteroatoms. The Bertz CT molecular complexity index is 230. The summed E-state index contributed by atoms with van der Waals surface area (Å²) in [6, 6.07) is 0. The standard InChI is InChI=1S/C9H21NO3S2/c1-14-8-4-2-3-6-10-15(12,13)9-5-7-11/h10-11H,2-9H2,1H3. The highest BCUT2D eigenvalue weighted by molar-refractivity contribution is 7.98. The van der Waals surface area contributed by atoms with E-state index in [9.17, 15) is 8.42 Å². The van der Waals surface area contributed by atoms with Crippen molar-refractivity contribution >= 4 is 21.8 Å². The molecule has 0 aliphatic heterocycles. The molecule has 0 aliphatic rings. The topological polar surface area (TPSA) is 66.4 Å². The van der Waals surface area contributed by atoms with Gasteiger partial charge in [-0.1, -0.05) is 6.42 Å². The number of rotatable bonds is 10. The smallest absolute Gasteiger partial charge is 0.211 e. The molecule has 4 nitrogen and oxygen atoms in total. The summed E-state index contributed by atoms with van der Waals surface area (Å²) in [5, 5.41) is 8.50. The van der Waals surface area contributed by atoms with E-state index in [1.54, 1.807) is 0 Å². The third kappa shape index (κ3) is 10.5. The molecule has 0 bridgehead atoms. The number of aliphatic hydroxyl groups is 1. The second-order valence-electron chi connectivity index (χ2n) is 3.34. The third-order valence-corrected chi connectivity index (χ3v) is 4.09. The number of hydrogen-bond acceptors (Lipinski definition) is 4. The summed E-state index contributed by atoms with van der Waals surface area (Å²) in [6.07, 6.45) is 5.46. The molecule has 0 aromatic heterocycles. The molecule has 0 aliphatic carbocycles. The predicted molar refractivity (Wildman–Crippen MR) is 65.7 cm³/mol. The van der Waals surface area contributed by atoms with Crippen LogP contribution < -0.4 is 4.72 Å². The minimum absolute atomic E-state index is 0.0221. The highest BCUT2D eigenvalue weighted by atomic mass is 32.2. The molecule has 0 heterocycles. The molecular weight excluding hydrogens is 234 g/mol. The van der Waals surface area contributed by atoms with Gasteiger partial charge < -0.3 is 5.11 Å². The molecule has 0 rings (SSSR count). The molecule has 0 aromatic carbocycles. The minimum atomic E-state index is -3.15. The maximum absolute atomic E-state index is 11.3. The molecule has 92 valence electrons. The number of nitrogens with one attached hydrogen (secondary N) is 1. The van der Waals surface area contributed by atoms with Crippen LogP contribution in [0.1, 0.15) is 25.7 Å². The van der Waals surface area contributed by atoms with Gasteiger partial charge in [-0.3, -0.25) is 0 Å². The summed E-state index contributed by atoms with van der Waals surface area (Å²) >= 11 is 1.81. The average Bonchev–Trinajstić information content (AvgIpc) is 2.20. The fourth-order valence-corrected chi connectivity index (χ4v) is 2.70. The maximum atomic E-state index is 11.3. The quantitative estimate of drug-likeness (QED) is 0.567. The van der Waals surface area contributed by atoms with Gasteiger partial charge in [0.1, 0.15) is 0 Å². The van der Waals surface area contributed by atoms with Crippen LogP contribution in [0.15, 0.2) is 0 Å². The van der Waals surface area contributed by atoms with Crippen LogP contribution >= 0.6 is 11.8 Å². The number of sulfonamides is 1. The molecule has 0 unspecified atom stereocenters. The zero-order valence-corrected chi connectivity index (χ0v) is 10.9. The van der Waals surface area contributed by atoms with Gasteiger partial charge in [-0.15, -0.1) is 0 Å². The highest BCUT2D eigenvalue weighted by Gasteiger charge is 2.07. The van der Waals surface area contributed by atoms with E-state index in [1.807, 2.05) is 11.8 Å². The number of unbranched alkanes of at least 4 members (excludes halogenated alkanes) is 2. The molecular formula is C9H21NO3S2. The van der Waals surface area contributed by atoms with Crippen molar-refractivity contribution in [2.75, 3.05) is 30.9 Å². The Morgan fingerprint density at radius 2 is 1.93 bits per heavy atom. The Morgan fingerprint density at radius 3 is 2.53 bits per heavy atom. The van der Waals surface area contributed by atoms with E-state index in [1.165, 1.54) is 0 Å². The van der Waals surface area contributed by atoms with Crippen LogP contribution in [0.5, 0.6) is 0 Å². The molecule has 0 saturated heterocycles. The van der Waals surface area contributed by atoms with Gasteiger partial charge in [0.05, 0.1) is 5.75 Å². The first kappa shape index (κ1) is 15.2. The molecule has 0 amide bonds. The summed E-state index contributed by atoms with van der Waals surface area (Å²) in [5.41, 5.74) is 0. The Kier molecular flexibility index (Phi) is 9.58. The van der Waals surface area contributed by atoms with Crippen LogP contribution in [-0.4, -0.2) is 44.4 Å². The number of thioether (sulfide) groups is 1. The van der Waals surface area contributed by atoms with Gasteiger partial charge in [0.2, 0.25) is 10.0 Å². The predicted octanol–water partition coefficient (Wildman–Crippen LogP) is 0.822. The van der Waals surface area contributed by atoms with Gasteiger partial charge in [-0.25, -0.2) is 13.1 Å². The molecule has 15 heavy (non-hydrogen) atoms. The Hall–Kier alpha value is 0.220. The maximum Gasteiger partial charge on any atom is 0.211 e. The molecule has 0 aromatic rings. The van der Waals surface area contributed by atoms with Gasteiger partial charge in [-0.05, 0) is 31.3 Å². The summed E-state index contributed by atoms with van der Waals surface area (Å²) in [5.74, 6) is 1.16. The van der Waals surface area contributed by atoms with Crippen LogP contribution in [-0.2, 0) is 10.0 Å². The summed E-state index contributed by atoms with van der Waals surface area (Å²) in [6.45, 7) is 0.441. The van der Waals surface area contributed by atoms with Gasteiger partial charge in [0.15, 0.2) is 0 Å². The largest absolute Gasteiger partial charge is 0.396 e. The van der Waals surface area contributed by atoms with E-state index in [0.29, 0.717) is 13.0 Å². The van der Waals surface area contributed by atoms with E-state index in [4.69, 9.17) is 5.11 Å². The van der Waals surface area contributed by atoms with Crippen LogP contribution in [0.2, 0.25) is 0 Å². The second kappa shape index (κ2) is 9.45. The number of aliphatic hydroxyl groups excluding tert-OH is 1. The third-order valence-electron chi connectivity index (χ3n) is 1.92. The molecule has 0 atom stereocenters. The summed E-state index contributed by atoms with van der Waals surface area (Å²) in [7, 11) is -3.15. The molecule has 0 spiro atoms. The monoisotopic (exact) mass is 255 g/mol. The Balaban J connectivity index is 3.41. The van der Waals surface area contributed by atoms with Crippen LogP contribution in [0.4, 0.5) is 0 Å². The van der Waals surface area contributed by atoms with Crippen molar-refractivity contribution in [2.45, 2.75) is 25.7 Å². The van der Waals surface area contributed by atoms with E-state index < -0.39 is 10.0 Å². The van der Waals surface area contributed by atoms with Crippen molar-refractivity contribution < 1.29 is 13.5 Å². The normalized spacial score (nSPS) is 11.9. The second-order valence-corrected chi connectivity index (χ2v) is 6.26. The Labute approximate surface area is 96.9 Å². The van der Waals surface area contributed by atoms with E-state index in [2.05, 4.69) is 11.0 Å². The van der Waals surface area contributed by atoms with Crippen molar-refractivity contribution in [3.8, 4) is 0 Å². The van der Waals surface area contributed by atoms with Crippen LogP contribution in [0, 0.1) is 0 Å². The molecule has 0 radical (unpaired) electrons. The zero-order chi connectivity index (χ0) is 11.6. The lowest BCUT2D eigenvalue weighted by atomic mass is 10.2. The van der Waals surface area contributed by atoms with E-state index in [0.717, 1.165) is 25.0 Å². The van der Waals surface area contributed by atoms with Crippen molar-refractivity contribution in [2.24, 2.45) is 0 Å². The lowest BCUT2D eigenvalue weighted by molar-refractivity contribution is 0.295. The fraction of sp³-hybridized carbons (Fsp3) is 1.00. The summed E-state index contributed by atoms with van der Waals surface area (Å²) in [4.78, 5) is 0. The van der Waals surface area contributed by atoms with Crippen molar-refractivity contribution in [1.29, 1.82) is 0 Å². The average molecular weight is 255 g/mol. The Morgan fingerprint density at radius 1 is 1.20 bits per heavy atom. The number of hydrogen-bond donors (Lipinski definition) is 2. The molecule has 0 fully saturated rings. The van der Waals surface area contributed by atoms with Crippen LogP contribution in [0.3, 0.4) is 0 Å². The summed E-state index contributed by atoms with van der Waals surface area (Å²) < 4.78 is 25.0. The van der Waals surface area contributed by atoms with Gasteiger partial charge >= 0.3 is 0 Å². The van der Waals surface area contributed by atoms with Gasteiger partial charge in [0, 0.05) is 13.2 Å².